The van der Waals surface area contributed by atoms with Crippen molar-refractivity contribution in [2.45, 2.75) is 109 Å². The SMILES string of the molecule is CCCCCCCCCCCCCCCC(=O)OC[C@@H]1C=C2c3cccc4[nH]cc(c34)C[C@H]2N(C)C1. The Hall–Kier alpha value is -2.07. The van der Waals surface area contributed by atoms with Gasteiger partial charge in [0.05, 0.1) is 6.61 Å². The molecule has 1 aliphatic carbocycles. The van der Waals surface area contributed by atoms with E-state index in [-0.39, 0.29) is 11.9 Å². The van der Waals surface area contributed by atoms with Crippen molar-refractivity contribution < 1.29 is 9.53 Å². The van der Waals surface area contributed by atoms with Gasteiger partial charge in [0.25, 0.3) is 0 Å². The maximum Gasteiger partial charge on any atom is 0.305 e. The van der Waals surface area contributed by atoms with Gasteiger partial charge in [-0.15, -0.1) is 0 Å². The van der Waals surface area contributed by atoms with Crippen LogP contribution in [0, 0.1) is 5.92 Å². The molecule has 1 N–H and O–H groups in total. The number of H-pyrrole nitrogens is 1. The largest absolute Gasteiger partial charge is 0.465 e. The molecule has 0 saturated carbocycles. The van der Waals surface area contributed by atoms with Crippen LogP contribution in [0.1, 0.15) is 108 Å². The van der Waals surface area contributed by atoms with Gasteiger partial charge in [-0.1, -0.05) is 102 Å². The number of unbranched alkanes of at least 4 members (excludes halogenated alkanes) is 12. The highest BCUT2D eigenvalue weighted by atomic mass is 16.5. The standard InChI is InChI=1S/C32H48N2O2/c1-3-4-5-6-7-8-9-10-11-12-13-14-15-19-31(35)36-24-25-20-28-27-17-16-18-29-32(27)26(22-33-29)21-30(28)34(2)23-25/h16-18,20,22,25,30,33H,3-15,19,21,23-24H2,1-2H3/t25-,30-/m1/s1. The molecule has 1 aromatic heterocycles. The molecule has 0 fully saturated rings. The summed E-state index contributed by atoms with van der Waals surface area (Å²) in [5, 5.41) is 1.37. The number of hydrogen-bond donors (Lipinski definition) is 1. The second kappa shape index (κ2) is 14.0. The Morgan fingerprint density at radius 1 is 0.972 bits per heavy atom. The predicted octanol–water partition coefficient (Wildman–Crippen LogP) is 8.06. The average Bonchev–Trinajstić information content (AvgIpc) is 3.30. The number of hydrogen-bond acceptors (Lipinski definition) is 3. The van der Waals surface area contributed by atoms with Crippen molar-refractivity contribution >= 4 is 22.4 Å². The summed E-state index contributed by atoms with van der Waals surface area (Å²) in [6.45, 7) is 3.71. The van der Waals surface area contributed by atoms with Crippen LogP contribution in [-0.4, -0.2) is 42.1 Å². The lowest BCUT2D eigenvalue weighted by Gasteiger charge is -2.39. The van der Waals surface area contributed by atoms with Gasteiger partial charge >= 0.3 is 5.97 Å². The third-order valence-electron chi connectivity index (χ3n) is 8.28. The fourth-order valence-corrected chi connectivity index (χ4v) is 6.21. The summed E-state index contributed by atoms with van der Waals surface area (Å²) in [4.78, 5) is 18.2. The van der Waals surface area contributed by atoms with Gasteiger partial charge in [-0.05, 0) is 42.7 Å². The van der Waals surface area contributed by atoms with Crippen LogP contribution in [-0.2, 0) is 16.0 Å². The molecule has 0 bridgehead atoms. The van der Waals surface area contributed by atoms with Gasteiger partial charge in [-0.3, -0.25) is 9.69 Å². The molecule has 2 heterocycles. The minimum Gasteiger partial charge on any atom is -0.465 e. The van der Waals surface area contributed by atoms with Crippen LogP contribution in [0.3, 0.4) is 0 Å². The van der Waals surface area contributed by atoms with Crippen molar-refractivity contribution in [3.63, 3.8) is 0 Å². The zero-order valence-electron chi connectivity index (χ0n) is 22.8. The van der Waals surface area contributed by atoms with Gasteiger partial charge in [0.1, 0.15) is 0 Å². The number of nitrogens with one attached hydrogen (secondary N) is 1. The monoisotopic (exact) mass is 492 g/mol. The van der Waals surface area contributed by atoms with Crippen molar-refractivity contribution in [2.75, 3.05) is 20.2 Å². The van der Waals surface area contributed by atoms with Gasteiger partial charge < -0.3 is 9.72 Å². The molecule has 36 heavy (non-hydrogen) atoms. The summed E-state index contributed by atoms with van der Waals surface area (Å²) in [5.41, 5.74) is 5.38. The van der Waals surface area contributed by atoms with E-state index in [4.69, 9.17) is 4.74 Å². The van der Waals surface area contributed by atoms with Crippen LogP contribution in [0.2, 0.25) is 0 Å². The molecule has 198 valence electrons. The summed E-state index contributed by atoms with van der Waals surface area (Å²) in [6, 6.07) is 6.96. The number of carbonyl (C=O) groups excluding carboxylic acids is 1. The highest BCUT2D eigenvalue weighted by Gasteiger charge is 2.33. The number of aromatic amines is 1. The number of aromatic nitrogens is 1. The minimum atomic E-state index is -0.0279. The van der Waals surface area contributed by atoms with E-state index in [0.29, 0.717) is 19.1 Å². The fraction of sp³-hybridized carbons (Fsp3) is 0.656. The third-order valence-corrected chi connectivity index (χ3v) is 8.28. The van der Waals surface area contributed by atoms with E-state index in [2.05, 4.69) is 54.3 Å². The number of likely N-dealkylation sites (N-methyl/N-ethyl adjacent to an activating group) is 1. The number of carbonyl (C=O) groups is 1. The maximum absolute atomic E-state index is 12.4. The number of nitrogens with zero attached hydrogens (tertiary/aromatic N) is 1. The molecule has 0 radical (unpaired) electrons. The van der Waals surface area contributed by atoms with Crippen molar-refractivity contribution in [3.05, 3.63) is 41.6 Å². The molecule has 0 saturated heterocycles. The highest BCUT2D eigenvalue weighted by molar-refractivity contribution is 5.98. The Bertz CT molecular complexity index is 991. The van der Waals surface area contributed by atoms with Crippen LogP contribution >= 0.6 is 0 Å². The van der Waals surface area contributed by atoms with Gasteiger partial charge in [0, 0.05) is 42.0 Å². The van der Waals surface area contributed by atoms with Gasteiger partial charge in [-0.2, -0.15) is 0 Å². The first-order valence-corrected chi connectivity index (χ1v) is 14.8. The lowest BCUT2D eigenvalue weighted by molar-refractivity contribution is -0.144. The van der Waals surface area contributed by atoms with Crippen molar-refractivity contribution in [1.82, 2.24) is 9.88 Å². The molecule has 1 aliphatic heterocycles. The molecule has 0 spiro atoms. The zero-order chi connectivity index (χ0) is 25.2. The number of ether oxygens (including phenoxy) is 1. The first kappa shape index (κ1) is 27.0. The molecule has 2 atom stereocenters. The summed E-state index contributed by atoms with van der Waals surface area (Å²) < 4.78 is 5.73. The van der Waals surface area contributed by atoms with Gasteiger partial charge in [-0.25, -0.2) is 0 Å². The fourth-order valence-electron chi connectivity index (χ4n) is 6.21. The van der Waals surface area contributed by atoms with E-state index in [9.17, 15) is 4.79 Å². The van der Waals surface area contributed by atoms with Gasteiger partial charge in [0.2, 0.25) is 0 Å². The average molecular weight is 493 g/mol. The van der Waals surface area contributed by atoms with Crippen molar-refractivity contribution in [2.24, 2.45) is 5.92 Å². The van der Waals surface area contributed by atoms with Crippen LogP contribution in [0.25, 0.3) is 16.5 Å². The van der Waals surface area contributed by atoms with Crippen molar-refractivity contribution in [3.8, 4) is 0 Å². The first-order chi connectivity index (χ1) is 17.7. The summed E-state index contributed by atoms with van der Waals surface area (Å²) in [6.07, 6.45) is 23.3. The molecule has 4 heteroatoms. The van der Waals surface area contributed by atoms with Gasteiger partial charge in [0.15, 0.2) is 0 Å². The third kappa shape index (κ3) is 7.25. The van der Waals surface area contributed by atoms with Crippen LogP contribution < -0.4 is 0 Å². The molecular weight excluding hydrogens is 444 g/mol. The van der Waals surface area contributed by atoms with Crippen molar-refractivity contribution in [1.29, 1.82) is 0 Å². The van der Waals surface area contributed by atoms with Crippen LogP contribution in [0.4, 0.5) is 0 Å². The Kier molecular flexibility index (Phi) is 10.5. The maximum atomic E-state index is 12.4. The molecular formula is C32H48N2O2. The smallest absolute Gasteiger partial charge is 0.305 e. The molecule has 4 rings (SSSR count). The minimum absolute atomic E-state index is 0.0279. The molecule has 1 aromatic carbocycles. The Labute approximate surface area is 218 Å². The Morgan fingerprint density at radius 2 is 1.64 bits per heavy atom. The summed E-state index contributed by atoms with van der Waals surface area (Å²) in [5.74, 6) is 0.229. The molecule has 2 aromatic rings. The van der Waals surface area contributed by atoms with E-state index >= 15 is 0 Å². The second-order valence-electron chi connectivity index (χ2n) is 11.3. The zero-order valence-corrected chi connectivity index (χ0v) is 22.8. The lowest BCUT2D eigenvalue weighted by Crippen LogP contribution is -2.43. The number of benzene rings is 1. The topological polar surface area (TPSA) is 45.3 Å². The van der Waals surface area contributed by atoms with E-state index in [1.165, 1.54) is 98.2 Å². The van der Waals surface area contributed by atoms with E-state index in [1.807, 2.05) is 0 Å². The highest BCUT2D eigenvalue weighted by Crippen LogP contribution is 2.40. The normalized spacial score (nSPS) is 19.3. The van der Waals surface area contributed by atoms with E-state index in [0.717, 1.165) is 25.8 Å². The molecule has 4 nitrogen and oxygen atoms in total. The van der Waals surface area contributed by atoms with Crippen LogP contribution in [0.15, 0.2) is 30.5 Å². The number of esters is 1. The van der Waals surface area contributed by atoms with Crippen LogP contribution in [0.5, 0.6) is 0 Å². The summed E-state index contributed by atoms with van der Waals surface area (Å²) >= 11 is 0. The lowest BCUT2D eigenvalue weighted by atomic mass is 9.80. The number of fused-ring (bicyclic) bond motifs is 2. The predicted molar refractivity (Wildman–Crippen MR) is 151 cm³/mol. The Morgan fingerprint density at radius 3 is 2.33 bits per heavy atom. The first-order valence-electron chi connectivity index (χ1n) is 14.8. The second-order valence-corrected chi connectivity index (χ2v) is 11.3. The molecule has 2 aliphatic rings. The Balaban J connectivity index is 1.10. The molecule has 0 unspecified atom stereocenters. The quantitative estimate of drug-likeness (QED) is 0.190. The summed E-state index contributed by atoms with van der Waals surface area (Å²) in [7, 11) is 2.21. The number of rotatable bonds is 16. The molecule has 0 amide bonds. The van der Waals surface area contributed by atoms with E-state index in [1.54, 1.807) is 0 Å². The van der Waals surface area contributed by atoms with E-state index < -0.39 is 0 Å².